The van der Waals surface area contributed by atoms with Gasteiger partial charge < -0.3 is 15.2 Å². The number of ether oxygens (including phenoxy) is 1. The minimum Gasteiger partial charge on any atom is -0.481 e. The Hall–Kier alpha value is -1.65. The molecule has 2 atom stereocenters. The number of benzene rings is 1. The van der Waals surface area contributed by atoms with E-state index in [1.54, 1.807) is 7.11 Å². The summed E-state index contributed by atoms with van der Waals surface area (Å²) in [6.07, 6.45) is 0.651. The number of aromatic nitrogens is 1. The van der Waals surface area contributed by atoms with Crippen molar-refractivity contribution in [1.82, 2.24) is 10.3 Å². The first kappa shape index (κ1) is 15.7. The largest absolute Gasteiger partial charge is 0.481 e. The number of nitrogens with one attached hydrogen (secondary N) is 1. The Labute approximate surface area is 126 Å². The van der Waals surface area contributed by atoms with Gasteiger partial charge in [0.15, 0.2) is 0 Å². The fourth-order valence-corrected chi connectivity index (χ4v) is 2.27. The second-order valence-electron chi connectivity index (χ2n) is 5.43. The van der Waals surface area contributed by atoms with Crippen LogP contribution in [0.3, 0.4) is 0 Å². The topological polar surface area (TPSA) is 54.4 Å². The molecular weight excluding hydrogens is 264 g/mol. The van der Waals surface area contributed by atoms with Gasteiger partial charge in [-0.1, -0.05) is 38.5 Å². The molecule has 0 aliphatic heterocycles. The fraction of sp³-hybridized carbons (Fsp3) is 0.471. The smallest absolute Gasteiger partial charge is 0.218 e. The summed E-state index contributed by atoms with van der Waals surface area (Å²) in [7, 11) is 1.63. The number of para-hydroxylation sites is 1. The van der Waals surface area contributed by atoms with Crippen LogP contribution in [0.1, 0.15) is 25.8 Å². The second kappa shape index (κ2) is 7.38. The van der Waals surface area contributed by atoms with Crippen LogP contribution < -0.4 is 10.1 Å². The molecule has 114 valence electrons. The lowest BCUT2D eigenvalue weighted by Gasteiger charge is -2.18. The molecule has 1 aromatic heterocycles. The van der Waals surface area contributed by atoms with E-state index in [9.17, 15) is 5.11 Å². The van der Waals surface area contributed by atoms with Crippen LogP contribution >= 0.6 is 0 Å². The molecule has 0 saturated heterocycles. The van der Waals surface area contributed by atoms with E-state index >= 15 is 0 Å². The lowest BCUT2D eigenvalue weighted by Crippen LogP contribution is -2.31. The van der Waals surface area contributed by atoms with Crippen molar-refractivity contribution in [2.24, 2.45) is 5.92 Å². The fourth-order valence-electron chi connectivity index (χ4n) is 2.27. The predicted octanol–water partition coefficient (Wildman–Crippen LogP) is 2.74. The van der Waals surface area contributed by atoms with Crippen molar-refractivity contribution in [2.45, 2.75) is 32.9 Å². The Morgan fingerprint density at radius 3 is 2.81 bits per heavy atom. The highest BCUT2D eigenvalue weighted by molar-refractivity contribution is 5.80. The van der Waals surface area contributed by atoms with Crippen LogP contribution in [0.15, 0.2) is 30.3 Å². The molecule has 0 bridgehead atoms. The molecule has 0 saturated carbocycles. The van der Waals surface area contributed by atoms with E-state index in [2.05, 4.69) is 30.2 Å². The summed E-state index contributed by atoms with van der Waals surface area (Å²) in [6, 6.07) is 10.1. The van der Waals surface area contributed by atoms with Gasteiger partial charge in [-0.3, -0.25) is 0 Å². The van der Waals surface area contributed by atoms with Crippen LogP contribution in [0.5, 0.6) is 5.88 Å². The summed E-state index contributed by atoms with van der Waals surface area (Å²) in [4.78, 5) is 4.52. The van der Waals surface area contributed by atoms with Crippen molar-refractivity contribution in [2.75, 3.05) is 13.7 Å². The number of aliphatic hydroxyl groups excluding tert-OH is 1. The van der Waals surface area contributed by atoms with Crippen molar-refractivity contribution < 1.29 is 9.84 Å². The van der Waals surface area contributed by atoms with Crippen LogP contribution in [-0.4, -0.2) is 29.8 Å². The zero-order chi connectivity index (χ0) is 15.2. The normalized spacial score (nSPS) is 14.1. The zero-order valence-electron chi connectivity index (χ0n) is 13.0. The summed E-state index contributed by atoms with van der Waals surface area (Å²) in [5, 5.41) is 14.4. The average Bonchev–Trinajstić information content (AvgIpc) is 2.53. The third-order valence-corrected chi connectivity index (χ3v) is 3.93. The first-order valence-corrected chi connectivity index (χ1v) is 7.47. The number of rotatable bonds is 7. The molecule has 2 N–H and O–H groups in total. The minimum absolute atomic E-state index is 0.300. The standard InChI is InChI=1S/C17H24N2O2/c1-4-12(2)16(20)11-18-10-14-9-13-7-5-6-8-15(13)19-17(14)21-3/h5-9,12,16,18,20H,4,10-11H2,1-3H3. The van der Waals surface area contributed by atoms with Gasteiger partial charge >= 0.3 is 0 Å². The summed E-state index contributed by atoms with van der Waals surface area (Å²) in [5.74, 6) is 0.938. The second-order valence-corrected chi connectivity index (χ2v) is 5.43. The Balaban J connectivity index is 2.07. The summed E-state index contributed by atoms with van der Waals surface area (Å²) < 4.78 is 5.37. The Morgan fingerprint density at radius 1 is 1.33 bits per heavy atom. The van der Waals surface area contributed by atoms with Crippen molar-refractivity contribution in [3.63, 3.8) is 0 Å². The molecule has 0 spiro atoms. The number of pyridine rings is 1. The van der Waals surface area contributed by atoms with Crippen LogP contribution in [0.25, 0.3) is 10.9 Å². The number of aliphatic hydroxyl groups is 1. The number of fused-ring (bicyclic) bond motifs is 1. The Kier molecular flexibility index (Phi) is 5.53. The lowest BCUT2D eigenvalue weighted by atomic mass is 10.0. The molecule has 1 aromatic carbocycles. The molecule has 1 heterocycles. The van der Waals surface area contributed by atoms with E-state index < -0.39 is 0 Å². The van der Waals surface area contributed by atoms with E-state index in [1.807, 2.05) is 24.3 Å². The van der Waals surface area contributed by atoms with Gasteiger partial charge in [-0.2, -0.15) is 0 Å². The molecule has 4 nitrogen and oxygen atoms in total. The molecule has 4 heteroatoms. The highest BCUT2D eigenvalue weighted by Gasteiger charge is 2.12. The van der Waals surface area contributed by atoms with Crippen LogP contribution in [0, 0.1) is 5.92 Å². The quantitative estimate of drug-likeness (QED) is 0.822. The van der Waals surface area contributed by atoms with Gasteiger partial charge in [0, 0.05) is 24.0 Å². The van der Waals surface area contributed by atoms with Gasteiger partial charge in [-0.15, -0.1) is 0 Å². The van der Waals surface area contributed by atoms with Crippen LogP contribution in [-0.2, 0) is 6.54 Å². The van der Waals surface area contributed by atoms with E-state index in [-0.39, 0.29) is 6.10 Å². The monoisotopic (exact) mass is 288 g/mol. The SMILES string of the molecule is CCC(C)C(O)CNCc1cc2ccccc2nc1OC. The van der Waals surface area contributed by atoms with E-state index in [0.717, 1.165) is 22.9 Å². The number of methoxy groups -OCH3 is 1. The maximum Gasteiger partial charge on any atom is 0.218 e. The summed E-state index contributed by atoms with van der Waals surface area (Å²) >= 11 is 0. The van der Waals surface area contributed by atoms with Gasteiger partial charge in [-0.05, 0) is 18.1 Å². The lowest BCUT2D eigenvalue weighted by molar-refractivity contribution is 0.112. The first-order valence-electron chi connectivity index (χ1n) is 7.47. The summed E-state index contributed by atoms with van der Waals surface area (Å²) in [6.45, 7) is 5.36. The maximum atomic E-state index is 9.98. The zero-order valence-corrected chi connectivity index (χ0v) is 13.0. The van der Waals surface area contributed by atoms with Gasteiger partial charge in [0.25, 0.3) is 0 Å². The molecular formula is C17H24N2O2. The predicted molar refractivity (Wildman–Crippen MR) is 85.5 cm³/mol. The number of hydrogen-bond donors (Lipinski definition) is 2. The molecule has 2 unspecified atom stereocenters. The van der Waals surface area contributed by atoms with E-state index in [4.69, 9.17) is 4.74 Å². The van der Waals surface area contributed by atoms with Crippen LogP contribution in [0.2, 0.25) is 0 Å². The minimum atomic E-state index is -0.325. The van der Waals surface area contributed by atoms with E-state index in [0.29, 0.717) is 24.9 Å². The molecule has 0 aliphatic rings. The summed E-state index contributed by atoms with van der Waals surface area (Å²) in [5.41, 5.74) is 1.94. The van der Waals surface area contributed by atoms with Gasteiger partial charge in [0.2, 0.25) is 5.88 Å². The maximum absolute atomic E-state index is 9.98. The first-order chi connectivity index (χ1) is 10.2. The van der Waals surface area contributed by atoms with Gasteiger partial charge in [0.05, 0.1) is 18.7 Å². The molecule has 2 rings (SSSR count). The molecule has 0 fully saturated rings. The molecule has 0 amide bonds. The molecule has 21 heavy (non-hydrogen) atoms. The third kappa shape index (κ3) is 3.93. The molecule has 0 radical (unpaired) electrons. The van der Waals surface area contributed by atoms with Gasteiger partial charge in [0.1, 0.15) is 0 Å². The van der Waals surface area contributed by atoms with Crippen LogP contribution in [0.4, 0.5) is 0 Å². The van der Waals surface area contributed by atoms with Crippen molar-refractivity contribution in [1.29, 1.82) is 0 Å². The van der Waals surface area contributed by atoms with Crippen molar-refractivity contribution in [3.05, 3.63) is 35.9 Å². The highest BCUT2D eigenvalue weighted by Crippen LogP contribution is 2.21. The van der Waals surface area contributed by atoms with Crippen molar-refractivity contribution >= 4 is 10.9 Å². The number of hydrogen-bond acceptors (Lipinski definition) is 4. The number of nitrogens with zero attached hydrogens (tertiary/aromatic N) is 1. The average molecular weight is 288 g/mol. The highest BCUT2D eigenvalue weighted by atomic mass is 16.5. The van der Waals surface area contributed by atoms with Crippen molar-refractivity contribution in [3.8, 4) is 5.88 Å². The molecule has 0 aliphatic carbocycles. The Bertz CT molecular complexity index is 586. The third-order valence-electron chi connectivity index (χ3n) is 3.93. The molecule has 2 aromatic rings. The van der Waals surface area contributed by atoms with Gasteiger partial charge in [-0.25, -0.2) is 4.98 Å². The Morgan fingerprint density at radius 2 is 2.10 bits per heavy atom. The van der Waals surface area contributed by atoms with E-state index in [1.165, 1.54) is 0 Å².